The van der Waals surface area contributed by atoms with Gasteiger partial charge in [-0.15, -0.1) is 0 Å². The summed E-state index contributed by atoms with van der Waals surface area (Å²) in [5.41, 5.74) is 0.609. The highest BCUT2D eigenvalue weighted by atomic mass is 19.1. The summed E-state index contributed by atoms with van der Waals surface area (Å²) in [6, 6.07) is 11.9. The minimum atomic E-state index is -0.828. The van der Waals surface area contributed by atoms with Crippen LogP contribution in [0.2, 0.25) is 0 Å². The van der Waals surface area contributed by atoms with Gasteiger partial charge >= 0.3 is 5.97 Å². The van der Waals surface area contributed by atoms with E-state index in [0.29, 0.717) is 11.4 Å². The van der Waals surface area contributed by atoms with Crippen LogP contribution >= 0.6 is 0 Å². The third kappa shape index (κ3) is 4.55. The van der Waals surface area contributed by atoms with Crippen LogP contribution in [0.1, 0.15) is 24.2 Å². The predicted molar refractivity (Wildman–Crippen MR) is 87.5 cm³/mol. The Labute approximate surface area is 139 Å². The first kappa shape index (κ1) is 17.5. The molecule has 0 aliphatic carbocycles. The zero-order valence-corrected chi connectivity index (χ0v) is 13.4. The summed E-state index contributed by atoms with van der Waals surface area (Å²) in [5, 5.41) is 2.64. The molecule has 6 heteroatoms. The van der Waals surface area contributed by atoms with E-state index >= 15 is 0 Å². The Balaban J connectivity index is 2.06. The first-order chi connectivity index (χ1) is 11.5. The third-order valence-corrected chi connectivity index (χ3v) is 3.18. The molecule has 126 valence electrons. The number of benzene rings is 2. The Bertz CT molecular complexity index is 715. The smallest absolute Gasteiger partial charge is 0.340 e. The lowest BCUT2D eigenvalue weighted by Crippen LogP contribution is -2.30. The molecule has 24 heavy (non-hydrogen) atoms. The Morgan fingerprint density at radius 3 is 2.46 bits per heavy atom. The van der Waals surface area contributed by atoms with Gasteiger partial charge in [0.1, 0.15) is 11.6 Å². The highest BCUT2D eigenvalue weighted by Gasteiger charge is 2.19. The number of carbonyl (C=O) groups excluding carboxylic acids is 2. The number of halogens is 1. The molecule has 2 aromatic carbocycles. The van der Waals surface area contributed by atoms with Crippen molar-refractivity contribution >= 4 is 17.6 Å². The van der Waals surface area contributed by atoms with Crippen LogP contribution in [0.5, 0.6) is 5.75 Å². The minimum Gasteiger partial charge on any atom is -0.481 e. The zero-order valence-electron chi connectivity index (χ0n) is 13.4. The predicted octanol–water partition coefficient (Wildman–Crippen LogP) is 3.41. The van der Waals surface area contributed by atoms with Crippen molar-refractivity contribution in [2.45, 2.75) is 20.0 Å². The molecule has 0 heterocycles. The Morgan fingerprint density at radius 1 is 1.12 bits per heavy atom. The van der Waals surface area contributed by atoms with Crippen LogP contribution in [0.4, 0.5) is 10.1 Å². The van der Waals surface area contributed by atoms with Crippen LogP contribution in [0.3, 0.4) is 0 Å². The van der Waals surface area contributed by atoms with Crippen molar-refractivity contribution in [3.05, 3.63) is 59.9 Å². The van der Waals surface area contributed by atoms with Crippen LogP contribution in [0, 0.1) is 5.82 Å². The average molecular weight is 331 g/mol. The van der Waals surface area contributed by atoms with E-state index in [4.69, 9.17) is 9.47 Å². The number of rotatable bonds is 6. The molecule has 1 amide bonds. The lowest BCUT2D eigenvalue weighted by molar-refractivity contribution is -0.122. The lowest BCUT2D eigenvalue weighted by atomic mass is 10.1. The topological polar surface area (TPSA) is 64.6 Å². The molecule has 1 N–H and O–H groups in total. The Morgan fingerprint density at radius 2 is 1.79 bits per heavy atom. The van der Waals surface area contributed by atoms with E-state index in [1.165, 1.54) is 24.3 Å². The summed E-state index contributed by atoms with van der Waals surface area (Å²) in [4.78, 5) is 24.2. The van der Waals surface area contributed by atoms with Crippen LogP contribution in [-0.4, -0.2) is 24.6 Å². The van der Waals surface area contributed by atoms with Crippen LogP contribution in [0.15, 0.2) is 48.5 Å². The van der Waals surface area contributed by atoms with Crippen molar-refractivity contribution in [1.29, 1.82) is 0 Å². The summed E-state index contributed by atoms with van der Waals surface area (Å²) in [6.07, 6.45) is -0.828. The summed E-state index contributed by atoms with van der Waals surface area (Å²) < 4.78 is 23.3. The normalized spacial score (nSPS) is 11.5. The summed E-state index contributed by atoms with van der Waals surface area (Å²) >= 11 is 0. The van der Waals surface area contributed by atoms with Crippen molar-refractivity contribution in [3.8, 4) is 5.75 Å². The Kier molecular flexibility index (Phi) is 5.89. The largest absolute Gasteiger partial charge is 0.481 e. The third-order valence-electron chi connectivity index (χ3n) is 3.18. The van der Waals surface area contributed by atoms with Gasteiger partial charge in [0.05, 0.1) is 17.9 Å². The SMILES string of the molecule is CCOC(=O)c1ccccc1NC(=O)[C@H](C)Oc1ccc(F)cc1. The number of hydrogen-bond acceptors (Lipinski definition) is 4. The van der Waals surface area contributed by atoms with Crippen molar-refractivity contribution in [1.82, 2.24) is 0 Å². The standard InChI is InChI=1S/C18H18FNO4/c1-3-23-18(22)15-6-4-5-7-16(15)20-17(21)12(2)24-14-10-8-13(19)9-11-14/h4-12H,3H2,1-2H3,(H,20,21)/t12-/m0/s1. The van der Waals surface area contributed by atoms with Gasteiger partial charge in [-0.05, 0) is 50.2 Å². The molecule has 1 atom stereocenters. The second-order valence-corrected chi connectivity index (χ2v) is 4.97. The highest BCUT2D eigenvalue weighted by Crippen LogP contribution is 2.18. The fraction of sp³-hybridized carbons (Fsp3) is 0.222. The second kappa shape index (κ2) is 8.10. The second-order valence-electron chi connectivity index (χ2n) is 4.97. The zero-order chi connectivity index (χ0) is 17.5. The number of hydrogen-bond donors (Lipinski definition) is 1. The molecule has 0 saturated carbocycles. The monoisotopic (exact) mass is 331 g/mol. The fourth-order valence-corrected chi connectivity index (χ4v) is 1.98. The van der Waals surface area contributed by atoms with E-state index in [1.54, 1.807) is 38.1 Å². The van der Waals surface area contributed by atoms with Gasteiger partial charge in [-0.1, -0.05) is 12.1 Å². The van der Waals surface area contributed by atoms with Crippen molar-refractivity contribution in [3.63, 3.8) is 0 Å². The van der Waals surface area contributed by atoms with Crippen molar-refractivity contribution < 1.29 is 23.5 Å². The number of esters is 1. The highest BCUT2D eigenvalue weighted by molar-refractivity contribution is 6.02. The molecular formula is C18H18FNO4. The molecule has 0 aliphatic rings. The van der Waals surface area contributed by atoms with Gasteiger partial charge in [0.25, 0.3) is 5.91 Å². The molecule has 0 fully saturated rings. The van der Waals surface area contributed by atoms with Gasteiger partial charge in [0, 0.05) is 0 Å². The van der Waals surface area contributed by atoms with Crippen molar-refractivity contribution in [2.24, 2.45) is 0 Å². The maximum Gasteiger partial charge on any atom is 0.340 e. The summed E-state index contributed by atoms with van der Waals surface area (Å²) in [7, 11) is 0. The van der Waals surface area contributed by atoms with Gasteiger partial charge in [0.15, 0.2) is 6.10 Å². The summed E-state index contributed by atoms with van der Waals surface area (Å²) in [6.45, 7) is 3.51. The lowest BCUT2D eigenvalue weighted by Gasteiger charge is -2.16. The van der Waals surface area contributed by atoms with E-state index in [1.807, 2.05) is 0 Å². The Hall–Kier alpha value is -2.89. The van der Waals surface area contributed by atoms with Crippen LogP contribution in [0.25, 0.3) is 0 Å². The number of carbonyl (C=O) groups is 2. The number of ether oxygens (including phenoxy) is 2. The van der Waals surface area contributed by atoms with Crippen LogP contribution in [-0.2, 0) is 9.53 Å². The first-order valence-corrected chi connectivity index (χ1v) is 7.50. The molecule has 0 aromatic heterocycles. The number of anilines is 1. The number of para-hydroxylation sites is 1. The van der Waals surface area contributed by atoms with Gasteiger partial charge < -0.3 is 14.8 Å². The number of nitrogens with one attached hydrogen (secondary N) is 1. The van der Waals surface area contributed by atoms with E-state index in [2.05, 4.69) is 5.32 Å². The van der Waals surface area contributed by atoms with Gasteiger partial charge in [-0.25, -0.2) is 9.18 Å². The average Bonchev–Trinajstić information content (AvgIpc) is 2.57. The summed E-state index contributed by atoms with van der Waals surface area (Å²) in [5.74, 6) is -0.961. The molecule has 0 saturated heterocycles. The van der Waals surface area contributed by atoms with E-state index in [-0.39, 0.29) is 18.0 Å². The molecule has 0 radical (unpaired) electrons. The molecule has 0 bridgehead atoms. The van der Waals surface area contributed by atoms with Gasteiger partial charge in [-0.2, -0.15) is 0 Å². The fourth-order valence-electron chi connectivity index (χ4n) is 1.98. The molecule has 0 spiro atoms. The molecule has 5 nitrogen and oxygen atoms in total. The molecule has 2 rings (SSSR count). The van der Waals surface area contributed by atoms with Gasteiger partial charge in [0.2, 0.25) is 0 Å². The quantitative estimate of drug-likeness (QED) is 0.824. The maximum atomic E-state index is 12.9. The minimum absolute atomic E-state index is 0.241. The molecule has 0 aliphatic heterocycles. The molecule has 2 aromatic rings. The number of amides is 1. The van der Waals surface area contributed by atoms with Gasteiger partial charge in [-0.3, -0.25) is 4.79 Å². The molecular weight excluding hydrogens is 313 g/mol. The first-order valence-electron chi connectivity index (χ1n) is 7.50. The van der Waals surface area contributed by atoms with E-state index in [9.17, 15) is 14.0 Å². The molecule has 0 unspecified atom stereocenters. The van der Waals surface area contributed by atoms with Crippen LogP contribution < -0.4 is 10.1 Å². The van der Waals surface area contributed by atoms with E-state index < -0.39 is 18.0 Å². The maximum absolute atomic E-state index is 12.9. The van der Waals surface area contributed by atoms with Crippen molar-refractivity contribution in [2.75, 3.05) is 11.9 Å². The van der Waals surface area contributed by atoms with E-state index in [0.717, 1.165) is 0 Å².